The highest BCUT2D eigenvalue weighted by atomic mass is 35.5. The number of anilines is 2. The van der Waals surface area contributed by atoms with Gasteiger partial charge in [0.25, 0.3) is 5.91 Å². The Morgan fingerprint density at radius 3 is 2.18 bits per heavy atom. The summed E-state index contributed by atoms with van der Waals surface area (Å²) in [6.07, 6.45) is -0.905. The van der Waals surface area contributed by atoms with Crippen LogP contribution in [0.5, 0.6) is 0 Å². The van der Waals surface area contributed by atoms with Crippen molar-refractivity contribution >= 4 is 45.6 Å². The second kappa shape index (κ2) is 7.73. The molecular formula is C27H19ClN2O3. The average molecular weight is 455 g/mol. The molecule has 33 heavy (non-hydrogen) atoms. The van der Waals surface area contributed by atoms with E-state index in [4.69, 9.17) is 16.4 Å². The Hall–Kier alpha value is -3.67. The van der Waals surface area contributed by atoms with Crippen LogP contribution >= 0.6 is 11.6 Å². The van der Waals surface area contributed by atoms with E-state index in [1.54, 1.807) is 29.3 Å². The van der Waals surface area contributed by atoms with Crippen molar-refractivity contribution in [1.29, 1.82) is 0 Å². The van der Waals surface area contributed by atoms with Crippen LogP contribution in [0.1, 0.15) is 11.6 Å². The average Bonchev–Trinajstić information content (AvgIpc) is 3.36. The summed E-state index contributed by atoms with van der Waals surface area (Å²) >= 11 is 6.01. The molecule has 2 fully saturated rings. The number of para-hydroxylation sites is 1. The molecule has 0 bridgehead atoms. The number of fused-ring (bicyclic) bond motifs is 2. The van der Waals surface area contributed by atoms with Crippen molar-refractivity contribution < 1.29 is 14.4 Å². The second-order valence-electron chi connectivity index (χ2n) is 8.21. The topological polar surface area (TPSA) is 49.9 Å². The van der Waals surface area contributed by atoms with Gasteiger partial charge in [0.15, 0.2) is 6.10 Å². The minimum Gasteiger partial charge on any atom is -0.273 e. The van der Waals surface area contributed by atoms with E-state index >= 15 is 0 Å². The minimum absolute atomic E-state index is 0.274. The van der Waals surface area contributed by atoms with Gasteiger partial charge in [0.2, 0.25) is 5.91 Å². The van der Waals surface area contributed by atoms with Gasteiger partial charge in [-0.05, 0) is 52.7 Å². The first kappa shape index (κ1) is 20.0. The first-order valence-electron chi connectivity index (χ1n) is 10.8. The van der Waals surface area contributed by atoms with Gasteiger partial charge in [-0.1, -0.05) is 72.3 Å². The Balaban J connectivity index is 1.50. The van der Waals surface area contributed by atoms with Gasteiger partial charge in [0.1, 0.15) is 5.92 Å². The molecule has 0 aromatic heterocycles. The van der Waals surface area contributed by atoms with Crippen LogP contribution in [0.25, 0.3) is 10.8 Å². The summed E-state index contributed by atoms with van der Waals surface area (Å²) in [6, 6.07) is 29.9. The summed E-state index contributed by atoms with van der Waals surface area (Å²) in [4.78, 5) is 34.6. The number of hydrogen-bond donors (Lipinski definition) is 0. The number of rotatable bonds is 3. The molecule has 0 saturated carbocycles. The minimum atomic E-state index is -0.905. The highest BCUT2D eigenvalue weighted by molar-refractivity contribution is 6.31. The van der Waals surface area contributed by atoms with Gasteiger partial charge >= 0.3 is 0 Å². The number of imide groups is 1. The predicted molar refractivity (Wildman–Crippen MR) is 128 cm³/mol. The maximum atomic E-state index is 13.7. The Labute approximate surface area is 195 Å². The first-order chi connectivity index (χ1) is 16.1. The van der Waals surface area contributed by atoms with Crippen LogP contribution in [0.15, 0.2) is 97.1 Å². The predicted octanol–water partition coefficient (Wildman–Crippen LogP) is 5.54. The van der Waals surface area contributed by atoms with E-state index < -0.39 is 18.1 Å². The number of nitrogens with zero attached hydrogens (tertiary/aromatic N) is 2. The van der Waals surface area contributed by atoms with Crippen LogP contribution in [0.3, 0.4) is 0 Å². The van der Waals surface area contributed by atoms with Crippen molar-refractivity contribution in [2.45, 2.75) is 12.1 Å². The summed E-state index contributed by atoms with van der Waals surface area (Å²) in [5.74, 6) is -1.32. The quantitative estimate of drug-likeness (QED) is 0.381. The lowest BCUT2D eigenvalue weighted by molar-refractivity contribution is -0.126. The van der Waals surface area contributed by atoms with Crippen molar-refractivity contribution in [3.8, 4) is 0 Å². The lowest BCUT2D eigenvalue weighted by atomic mass is 9.87. The number of benzene rings is 4. The number of hydroxylamine groups is 1. The van der Waals surface area contributed by atoms with E-state index in [9.17, 15) is 9.59 Å². The van der Waals surface area contributed by atoms with Gasteiger partial charge in [-0.15, -0.1) is 0 Å². The molecule has 3 atom stereocenters. The molecule has 2 aliphatic heterocycles. The number of halogens is 1. The van der Waals surface area contributed by atoms with Gasteiger partial charge in [0.05, 0.1) is 17.4 Å². The fourth-order valence-electron chi connectivity index (χ4n) is 4.88. The number of hydrogen-bond acceptors (Lipinski definition) is 4. The lowest BCUT2D eigenvalue weighted by Gasteiger charge is -2.29. The smallest absolute Gasteiger partial charge is 0.266 e. The molecular weight excluding hydrogens is 436 g/mol. The molecule has 0 spiro atoms. The monoisotopic (exact) mass is 454 g/mol. The molecule has 6 rings (SSSR count). The molecule has 2 aliphatic rings. The summed E-state index contributed by atoms with van der Waals surface area (Å²) < 4.78 is 0. The van der Waals surface area contributed by atoms with Gasteiger partial charge < -0.3 is 0 Å². The van der Waals surface area contributed by atoms with Crippen LogP contribution in [-0.2, 0) is 14.4 Å². The third-order valence-electron chi connectivity index (χ3n) is 6.35. The first-order valence-corrected chi connectivity index (χ1v) is 11.1. The van der Waals surface area contributed by atoms with Crippen LogP contribution in [0.2, 0.25) is 5.02 Å². The molecule has 4 aromatic carbocycles. The molecule has 0 aliphatic carbocycles. The Morgan fingerprint density at radius 2 is 1.39 bits per heavy atom. The molecule has 6 heteroatoms. The second-order valence-corrected chi connectivity index (χ2v) is 8.65. The number of amides is 2. The van der Waals surface area contributed by atoms with Gasteiger partial charge in [-0.3, -0.25) is 14.4 Å². The maximum Gasteiger partial charge on any atom is 0.266 e. The summed E-state index contributed by atoms with van der Waals surface area (Å²) in [5.41, 5.74) is 2.24. The SMILES string of the molecule is O=C1[C@H]2[C@@H](c3cccc4ccccc34)N(c3ccccc3)O[C@H]2C(=O)N1c1ccc(Cl)cc1. The van der Waals surface area contributed by atoms with Crippen molar-refractivity contribution in [2.24, 2.45) is 5.92 Å². The number of carbonyl (C=O) groups excluding carboxylic acids is 2. The van der Waals surface area contributed by atoms with Crippen molar-refractivity contribution in [2.75, 3.05) is 9.96 Å². The lowest BCUT2D eigenvalue weighted by Crippen LogP contribution is -2.37. The maximum absolute atomic E-state index is 13.7. The Kier molecular flexibility index (Phi) is 4.68. The summed E-state index contributed by atoms with van der Waals surface area (Å²) in [7, 11) is 0. The zero-order valence-electron chi connectivity index (χ0n) is 17.5. The fraction of sp³-hybridized carbons (Fsp3) is 0.111. The van der Waals surface area contributed by atoms with Gasteiger partial charge in [-0.25, -0.2) is 9.96 Å². The van der Waals surface area contributed by atoms with Crippen LogP contribution < -0.4 is 9.96 Å². The van der Waals surface area contributed by atoms with E-state index in [1.807, 2.05) is 72.8 Å². The summed E-state index contributed by atoms with van der Waals surface area (Å²) in [5, 5.41) is 4.36. The third kappa shape index (κ3) is 3.12. The molecule has 162 valence electrons. The molecule has 2 heterocycles. The molecule has 0 unspecified atom stereocenters. The summed E-state index contributed by atoms with van der Waals surface area (Å²) in [6.45, 7) is 0. The molecule has 2 saturated heterocycles. The zero-order chi connectivity index (χ0) is 22.5. The highest BCUT2D eigenvalue weighted by Gasteiger charge is 2.60. The Morgan fingerprint density at radius 1 is 0.697 bits per heavy atom. The van der Waals surface area contributed by atoms with Crippen LogP contribution in [-0.4, -0.2) is 17.9 Å². The molecule has 0 radical (unpaired) electrons. The van der Waals surface area contributed by atoms with Crippen molar-refractivity contribution in [3.63, 3.8) is 0 Å². The van der Waals surface area contributed by atoms with E-state index in [0.717, 1.165) is 22.0 Å². The van der Waals surface area contributed by atoms with E-state index in [1.165, 1.54) is 4.90 Å². The van der Waals surface area contributed by atoms with Crippen LogP contribution in [0.4, 0.5) is 11.4 Å². The third-order valence-corrected chi connectivity index (χ3v) is 6.60. The van der Waals surface area contributed by atoms with E-state index in [2.05, 4.69) is 0 Å². The molecule has 4 aromatic rings. The fourth-order valence-corrected chi connectivity index (χ4v) is 5.01. The van der Waals surface area contributed by atoms with E-state index in [0.29, 0.717) is 10.7 Å². The van der Waals surface area contributed by atoms with E-state index in [-0.39, 0.29) is 11.8 Å². The largest absolute Gasteiger partial charge is 0.273 e. The van der Waals surface area contributed by atoms with Gasteiger partial charge in [0, 0.05) is 5.02 Å². The highest BCUT2D eigenvalue weighted by Crippen LogP contribution is 2.48. The number of carbonyl (C=O) groups is 2. The molecule has 2 amide bonds. The molecule has 5 nitrogen and oxygen atoms in total. The standard InChI is InChI=1S/C27H19ClN2O3/c28-18-13-15-19(16-14-18)29-26(31)23-24(22-12-6-8-17-7-4-5-11-21(17)22)30(33-25(23)27(29)32)20-9-2-1-3-10-20/h1-16,23-25H/t23-,24+,25+/m0/s1. The van der Waals surface area contributed by atoms with Crippen LogP contribution in [0, 0.1) is 5.92 Å². The molecule has 0 N–H and O–H groups in total. The normalized spacial score (nSPS) is 22.3. The zero-order valence-corrected chi connectivity index (χ0v) is 18.2. The Bertz CT molecular complexity index is 1370. The van der Waals surface area contributed by atoms with Crippen molar-refractivity contribution in [3.05, 3.63) is 108 Å². The van der Waals surface area contributed by atoms with Gasteiger partial charge in [-0.2, -0.15) is 0 Å². The van der Waals surface area contributed by atoms with Crippen molar-refractivity contribution in [1.82, 2.24) is 0 Å².